The molecule has 0 saturated heterocycles. The number of carbonyl (C=O) groups excluding carboxylic acids is 1. The molecule has 1 fully saturated rings. The van der Waals surface area contributed by atoms with Gasteiger partial charge in [0.05, 0.1) is 17.6 Å². The van der Waals surface area contributed by atoms with Crippen molar-refractivity contribution in [1.82, 2.24) is 14.5 Å². The van der Waals surface area contributed by atoms with Gasteiger partial charge in [0.2, 0.25) is 0 Å². The van der Waals surface area contributed by atoms with Crippen LogP contribution in [0.4, 0.5) is 5.82 Å². The highest BCUT2D eigenvalue weighted by Crippen LogP contribution is 2.30. The molecule has 0 radical (unpaired) electrons. The second kappa shape index (κ2) is 7.52. The van der Waals surface area contributed by atoms with Gasteiger partial charge in [-0.05, 0) is 37.8 Å². The van der Waals surface area contributed by atoms with Crippen molar-refractivity contribution in [3.8, 4) is 0 Å². The highest BCUT2D eigenvalue weighted by Gasteiger charge is 2.27. The Morgan fingerprint density at radius 1 is 1.19 bits per heavy atom. The summed E-state index contributed by atoms with van der Waals surface area (Å²) in [7, 11) is 1.63. The lowest BCUT2D eigenvalue weighted by atomic mass is 9.98. The lowest BCUT2D eigenvalue weighted by Gasteiger charge is -2.21. The van der Waals surface area contributed by atoms with Gasteiger partial charge in [0, 0.05) is 13.7 Å². The molecule has 4 rings (SSSR count). The van der Waals surface area contributed by atoms with Gasteiger partial charge in [-0.2, -0.15) is 0 Å². The summed E-state index contributed by atoms with van der Waals surface area (Å²) in [6.07, 6.45) is 5.15. The summed E-state index contributed by atoms with van der Waals surface area (Å²) in [6, 6.07) is 7.58. The number of rotatable bonds is 5. The smallest absolute Gasteiger partial charge is 0.344 e. The Hall–Kier alpha value is -2.67. The Labute approximate surface area is 157 Å². The van der Waals surface area contributed by atoms with Crippen LogP contribution in [0.2, 0.25) is 0 Å². The summed E-state index contributed by atoms with van der Waals surface area (Å²) < 4.78 is 12.7. The SMILES string of the molecule is COCCn1c(N)c(C(=O)OC2CCCCC2)c2nc3ccccc3nc21. The molecule has 7 nitrogen and oxygen atoms in total. The fraction of sp³-hybridized carbons (Fsp3) is 0.450. The van der Waals surface area contributed by atoms with E-state index in [4.69, 9.17) is 20.2 Å². The number of anilines is 1. The van der Waals surface area contributed by atoms with E-state index in [0.717, 1.165) is 36.7 Å². The summed E-state index contributed by atoms with van der Waals surface area (Å²) in [5.41, 5.74) is 9.21. The minimum absolute atomic E-state index is 0.0450. The lowest BCUT2D eigenvalue weighted by molar-refractivity contribution is 0.0214. The minimum atomic E-state index is -0.412. The second-order valence-electron chi connectivity index (χ2n) is 6.95. The number of carbonyl (C=O) groups is 1. The number of nitrogen functional groups attached to an aromatic ring is 1. The van der Waals surface area contributed by atoms with Crippen LogP contribution in [-0.4, -0.2) is 40.3 Å². The molecule has 142 valence electrons. The number of nitrogens with two attached hydrogens (primary N) is 1. The fourth-order valence-corrected chi connectivity index (χ4v) is 3.72. The van der Waals surface area contributed by atoms with Crippen LogP contribution in [0.25, 0.3) is 22.2 Å². The molecule has 1 aliphatic carbocycles. The highest BCUT2D eigenvalue weighted by atomic mass is 16.5. The van der Waals surface area contributed by atoms with E-state index in [2.05, 4.69) is 4.98 Å². The Kier molecular flexibility index (Phi) is 4.94. The van der Waals surface area contributed by atoms with E-state index in [9.17, 15) is 4.79 Å². The first-order valence-corrected chi connectivity index (χ1v) is 9.43. The molecule has 3 aromatic rings. The van der Waals surface area contributed by atoms with E-state index >= 15 is 0 Å². The molecular weight excluding hydrogens is 344 g/mol. The minimum Gasteiger partial charge on any atom is -0.459 e. The van der Waals surface area contributed by atoms with E-state index in [0.29, 0.717) is 35.7 Å². The lowest BCUT2D eigenvalue weighted by Crippen LogP contribution is -2.21. The number of methoxy groups -OCH3 is 1. The van der Waals surface area contributed by atoms with Gasteiger partial charge in [-0.15, -0.1) is 0 Å². The molecule has 27 heavy (non-hydrogen) atoms. The predicted octanol–water partition coefficient (Wildman–Crippen LogP) is 3.30. The number of esters is 1. The molecule has 0 bridgehead atoms. The normalized spacial score (nSPS) is 15.4. The molecule has 0 atom stereocenters. The molecule has 1 saturated carbocycles. The van der Waals surface area contributed by atoms with Crippen molar-refractivity contribution in [1.29, 1.82) is 0 Å². The first-order valence-electron chi connectivity index (χ1n) is 9.43. The zero-order valence-corrected chi connectivity index (χ0v) is 15.5. The number of para-hydroxylation sites is 2. The van der Waals surface area contributed by atoms with Crippen molar-refractivity contribution >= 4 is 34.0 Å². The first-order chi connectivity index (χ1) is 13.2. The van der Waals surface area contributed by atoms with Gasteiger partial charge in [0.1, 0.15) is 23.0 Å². The largest absolute Gasteiger partial charge is 0.459 e. The van der Waals surface area contributed by atoms with Crippen LogP contribution in [0.1, 0.15) is 42.5 Å². The van der Waals surface area contributed by atoms with Crippen LogP contribution in [-0.2, 0) is 16.0 Å². The maximum absolute atomic E-state index is 13.0. The second-order valence-corrected chi connectivity index (χ2v) is 6.95. The average molecular weight is 368 g/mol. The number of aromatic nitrogens is 3. The van der Waals surface area contributed by atoms with Crippen LogP contribution in [0.15, 0.2) is 24.3 Å². The number of ether oxygens (including phenoxy) is 2. The van der Waals surface area contributed by atoms with Gasteiger partial charge < -0.3 is 19.8 Å². The van der Waals surface area contributed by atoms with E-state index < -0.39 is 5.97 Å². The van der Waals surface area contributed by atoms with E-state index in [1.165, 1.54) is 6.42 Å². The van der Waals surface area contributed by atoms with Gasteiger partial charge in [-0.25, -0.2) is 14.8 Å². The summed E-state index contributed by atoms with van der Waals surface area (Å²) in [5, 5.41) is 0. The van der Waals surface area contributed by atoms with Gasteiger partial charge in [-0.3, -0.25) is 0 Å². The molecule has 0 unspecified atom stereocenters. The maximum Gasteiger partial charge on any atom is 0.344 e. The van der Waals surface area contributed by atoms with Crippen LogP contribution in [0, 0.1) is 0 Å². The monoisotopic (exact) mass is 368 g/mol. The van der Waals surface area contributed by atoms with Crippen molar-refractivity contribution in [3.05, 3.63) is 29.8 Å². The van der Waals surface area contributed by atoms with Crippen LogP contribution in [0.5, 0.6) is 0 Å². The summed E-state index contributed by atoms with van der Waals surface area (Å²) >= 11 is 0. The molecule has 2 N–H and O–H groups in total. The standard InChI is InChI=1S/C20H24N4O3/c1-26-12-11-24-18(21)16(20(25)27-13-7-3-2-4-8-13)17-19(24)23-15-10-6-5-9-14(15)22-17/h5-6,9-10,13H,2-4,7-8,11-12,21H2,1H3. The Bertz CT molecular complexity index is 976. The van der Waals surface area contributed by atoms with Crippen LogP contribution in [0.3, 0.4) is 0 Å². The van der Waals surface area contributed by atoms with E-state index in [1.807, 2.05) is 24.3 Å². The number of nitrogens with zero attached hydrogens (tertiary/aromatic N) is 3. The third-order valence-electron chi connectivity index (χ3n) is 5.14. The van der Waals surface area contributed by atoms with Crippen molar-refractivity contribution in [3.63, 3.8) is 0 Å². The quantitative estimate of drug-likeness (QED) is 0.695. The predicted molar refractivity (Wildman–Crippen MR) is 104 cm³/mol. The topological polar surface area (TPSA) is 92.3 Å². The van der Waals surface area contributed by atoms with Crippen LogP contribution < -0.4 is 5.73 Å². The molecule has 0 amide bonds. The third-order valence-corrected chi connectivity index (χ3v) is 5.14. The summed E-state index contributed by atoms with van der Waals surface area (Å²) in [5.74, 6) is -0.0803. The Balaban J connectivity index is 1.81. The van der Waals surface area contributed by atoms with Gasteiger partial charge in [0.25, 0.3) is 0 Å². The van der Waals surface area contributed by atoms with Gasteiger partial charge in [0.15, 0.2) is 5.65 Å². The molecular formula is C20H24N4O3. The molecule has 2 aromatic heterocycles. The van der Waals surface area contributed by atoms with Crippen molar-refractivity contribution in [2.45, 2.75) is 44.8 Å². The fourth-order valence-electron chi connectivity index (χ4n) is 3.72. The van der Waals surface area contributed by atoms with E-state index in [-0.39, 0.29) is 6.10 Å². The first kappa shape index (κ1) is 17.7. The van der Waals surface area contributed by atoms with Crippen LogP contribution >= 0.6 is 0 Å². The van der Waals surface area contributed by atoms with Gasteiger partial charge >= 0.3 is 5.97 Å². The number of hydrogen-bond acceptors (Lipinski definition) is 6. The maximum atomic E-state index is 13.0. The molecule has 1 aromatic carbocycles. The van der Waals surface area contributed by atoms with E-state index in [1.54, 1.807) is 11.7 Å². The summed E-state index contributed by atoms with van der Waals surface area (Å²) in [6.45, 7) is 0.947. The molecule has 1 aliphatic rings. The van der Waals surface area contributed by atoms with Crippen molar-refractivity contribution in [2.24, 2.45) is 0 Å². The average Bonchev–Trinajstić information content (AvgIpc) is 2.95. The highest BCUT2D eigenvalue weighted by molar-refractivity contribution is 6.08. The Morgan fingerprint density at radius 2 is 1.89 bits per heavy atom. The number of benzene rings is 1. The van der Waals surface area contributed by atoms with Crippen molar-refractivity contribution in [2.75, 3.05) is 19.5 Å². The molecule has 2 heterocycles. The van der Waals surface area contributed by atoms with Crippen molar-refractivity contribution < 1.29 is 14.3 Å². The zero-order valence-electron chi connectivity index (χ0n) is 15.5. The number of fused-ring (bicyclic) bond motifs is 2. The summed E-state index contributed by atoms with van der Waals surface area (Å²) in [4.78, 5) is 22.3. The zero-order chi connectivity index (χ0) is 18.8. The third kappa shape index (κ3) is 3.35. The molecule has 0 aliphatic heterocycles. The molecule has 0 spiro atoms. The van der Waals surface area contributed by atoms with Gasteiger partial charge in [-0.1, -0.05) is 18.6 Å². The molecule has 7 heteroatoms. The number of hydrogen-bond donors (Lipinski definition) is 1. The Morgan fingerprint density at radius 3 is 2.59 bits per heavy atom.